The molecular weight excluding hydrogens is 338 g/mol. The average molecular weight is 362 g/mol. The molecule has 2 saturated carbocycles. The maximum Gasteiger partial charge on any atom is 0.225 e. The van der Waals surface area contributed by atoms with Gasteiger partial charge in [0.1, 0.15) is 12.7 Å². The summed E-state index contributed by atoms with van der Waals surface area (Å²) in [4.78, 5) is 16.6. The van der Waals surface area contributed by atoms with Gasteiger partial charge in [0.05, 0.1) is 17.6 Å². The van der Waals surface area contributed by atoms with Crippen LogP contribution in [0.2, 0.25) is 0 Å². The molecule has 2 aromatic rings. The minimum atomic E-state index is -0.0337. The molecule has 7 heteroatoms. The smallest absolute Gasteiger partial charge is 0.225 e. The van der Waals surface area contributed by atoms with E-state index in [1.807, 2.05) is 31.2 Å². The van der Waals surface area contributed by atoms with Gasteiger partial charge in [0, 0.05) is 6.04 Å². The molecule has 2 bridgehead atoms. The maximum atomic E-state index is 12.7. The first-order valence-corrected chi connectivity index (χ1v) is 8.64. The van der Waals surface area contributed by atoms with Crippen LogP contribution in [0.4, 0.5) is 0 Å². The molecule has 2 aliphatic carbocycles. The highest BCUT2D eigenvalue weighted by Crippen LogP contribution is 2.47. The van der Waals surface area contributed by atoms with Gasteiger partial charge in [0.25, 0.3) is 0 Å². The molecule has 1 aromatic heterocycles. The zero-order valence-corrected chi connectivity index (χ0v) is 15.0. The Morgan fingerprint density at radius 1 is 1.28 bits per heavy atom. The second kappa shape index (κ2) is 7.14. The summed E-state index contributed by atoms with van der Waals surface area (Å²) in [5.74, 6) is 1.12. The van der Waals surface area contributed by atoms with Gasteiger partial charge >= 0.3 is 0 Å². The Labute approximate surface area is 153 Å². The van der Waals surface area contributed by atoms with Crippen molar-refractivity contribution in [2.24, 2.45) is 23.5 Å². The number of hydrogen-bond acceptors (Lipinski definition) is 4. The van der Waals surface area contributed by atoms with Gasteiger partial charge in [-0.15, -0.1) is 12.4 Å². The predicted octanol–water partition coefficient (Wildman–Crippen LogP) is 2.24. The van der Waals surface area contributed by atoms with E-state index < -0.39 is 0 Å². The molecule has 0 spiro atoms. The largest absolute Gasteiger partial charge is 0.349 e. The Hall–Kier alpha value is -1.92. The van der Waals surface area contributed by atoms with Crippen molar-refractivity contribution in [1.29, 1.82) is 0 Å². The van der Waals surface area contributed by atoms with Crippen LogP contribution in [-0.4, -0.2) is 26.7 Å². The van der Waals surface area contributed by atoms with Crippen molar-refractivity contribution in [1.82, 2.24) is 20.1 Å². The first kappa shape index (κ1) is 17.9. The second-order valence-corrected chi connectivity index (χ2v) is 7.10. The van der Waals surface area contributed by atoms with E-state index in [-0.39, 0.29) is 36.3 Å². The van der Waals surface area contributed by atoms with Crippen LogP contribution in [0, 0.1) is 17.8 Å². The molecule has 2 fully saturated rings. The third kappa shape index (κ3) is 3.28. The SMILES string of the molecule is CC(NC(=O)C1C2CCC(C2)C1N)c1ccc(-n2cncn2)cc1.Cl. The van der Waals surface area contributed by atoms with E-state index in [1.165, 1.54) is 12.7 Å². The van der Waals surface area contributed by atoms with Crippen LogP contribution in [0.25, 0.3) is 5.69 Å². The lowest BCUT2D eigenvalue weighted by atomic mass is 9.84. The number of nitrogens with zero attached hydrogens (tertiary/aromatic N) is 3. The van der Waals surface area contributed by atoms with Crippen LogP contribution in [0.15, 0.2) is 36.9 Å². The fourth-order valence-electron chi connectivity index (χ4n) is 4.38. The summed E-state index contributed by atoms with van der Waals surface area (Å²) in [6, 6.07) is 8.00. The number of nitrogens with one attached hydrogen (secondary N) is 1. The summed E-state index contributed by atoms with van der Waals surface area (Å²) < 4.78 is 1.71. The van der Waals surface area contributed by atoms with E-state index in [0.29, 0.717) is 11.8 Å². The molecule has 5 unspecified atom stereocenters. The van der Waals surface area contributed by atoms with Gasteiger partial charge < -0.3 is 11.1 Å². The molecule has 134 valence electrons. The number of aromatic nitrogens is 3. The summed E-state index contributed by atoms with van der Waals surface area (Å²) in [6.45, 7) is 2.01. The average Bonchev–Trinajstić information content (AvgIpc) is 3.32. The summed E-state index contributed by atoms with van der Waals surface area (Å²) in [5, 5.41) is 7.27. The Balaban J connectivity index is 0.00000182. The highest BCUT2D eigenvalue weighted by atomic mass is 35.5. The van der Waals surface area contributed by atoms with Crippen molar-refractivity contribution in [3.63, 3.8) is 0 Å². The highest BCUT2D eigenvalue weighted by molar-refractivity contribution is 5.85. The van der Waals surface area contributed by atoms with Crippen molar-refractivity contribution in [2.75, 3.05) is 0 Å². The predicted molar refractivity (Wildman–Crippen MR) is 97.5 cm³/mol. The molecule has 0 aliphatic heterocycles. The van der Waals surface area contributed by atoms with Crippen LogP contribution >= 0.6 is 12.4 Å². The Bertz CT molecular complexity index is 716. The fraction of sp³-hybridized carbons (Fsp3) is 0.500. The molecule has 0 radical (unpaired) electrons. The van der Waals surface area contributed by atoms with Gasteiger partial charge in [0.2, 0.25) is 5.91 Å². The summed E-state index contributed by atoms with van der Waals surface area (Å²) in [7, 11) is 0. The third-order valence-corrected chi connectivity index (χ3v) is 5.72. The Morgan fingerprint density at radius 2 is 2.00 bits per heavy atom. The summed E-state index contributed by atoms with van der Waals surface area (Å²) >= 11 is 0. The Morgan fingerprint density at radius 3 is 2.60 bits per heavy atom. The molecule has 5 atom stereocenters. The third-order valence-electron chi connectivity index (χ3n) is 5.72. The Kier molecular flexibility index (Phi) is 5.11. The lowest BCUT2D eigenvalue weighted by molar-refractivity contribution is -0.127. The number of carbonyl (C=O) groups excluding carboxylic acids is 1. The number of halogens is 1. The van der Waals surface area contributed by atoms with Gasteiger partial charge in [-0.25, -0.2) is 9.67 Å². The van der Waals surface area contributed by atoms with E-state index in [1.54, 1.807) is 11.0 Å². The van der Waals surface area contributed by atoms with E-state index in [9.17, 15) is 4.79 Å². The lowest BCUT2D eigenvalue weighted by Gasteiger charge is -2.28. The normalized spacial score (nSPS) is 28.4. The van der Waals surface area contributed by atoms with Crippen molar-refractivity contribution in [2.45, 2.75) is 38.3 Å². The van der Waals surface area contributed by atoms with Gasteiger partial charge in [-0.3, -0.25) is 4.79 Å². The van der Waals surface area contributed by atoms with Gasteiger partial charge in [-0.2, -0.15) is 5.10 Å². The second-order valence-electron chi connectivity index (χ2n) is 7.10. The highest BCUT2D eigenvalue weighted by Gasteiger charge is 2.49. The minimum absolute atomic E-state index is 0. The van der Waals surface area contributed by atoms with Crippen LogP contribution in [0.3, 0.4) is 0 Å². The topological polar surface area (TPSA) is 85.8 Å². The number of rotatable bonds is 4. The van der Waals surface area contributed by atoms with E-state index in [4.69, 9.17) is 5.73 Å². The minimum Gasteiger partial charge on any atom is -0.349 e. The van der Waals surface area contributed by atoms with E-state index in [2.05, 4.69) is 15.4 Å². The molecule has 1 amide bonds. The van der Waals surface area contributed by atoms with Gasteiger partial charge in [0.15, 0.2) is 0 Å². The lowest BCUT2D eigenvalue weighted by Crippen LogP contribution is -2.45. The number of fused-ring (bicyclic) bond motifs is 2. The van der Waals surface area contributed by atoms with Crippen LogP contribution in [0.1, 0.15) is 37.8 Å². The first-order chi connectivity index (χ1) is 11.6. The zero-order chi connectivity index (χ0) is 16.7. The van der Waals surface area contributed by atoms with Crippen molar-refractivity contribution >= 4 is 18.3 Å². The molecule has 1 heterocycles. The van der Waals surface area contributed by atoms with Gasteiger partial charge in [-0.05, 0) is 55.7 Å². The first-order valence-electron chi connectivity index (χ1n) is 8.64. The van der Waals surface area contributed by atoms with E-state index in [0.717, 1.165) is 24.1 Å². The fourth-order valence-corrected chi connectivity index (χ4v) is 4.38. The summed E-state index contributed by atoms with van der Waals surface area (Å²) in [5.41, 5.74) is 8.30. The molecule has 0 saturated heterocycles. The molecule has 2 aliphatic rings. The quantitative estimate of drug-likeness (QED) is 0.874. The number of amides is 1. The van der Waals surface area contributed by atoms with E-state index >= 15 is 0 Å². The molecule has 4 rings (SSSR count). The number of hydrogen-bond donors (Lipinski definition) is 2. The van der Waals surface area contributed by atoms with Crippen molar-refractivity contribution < 1.29 is 4.79 Å². The number of nitrogens with two attached hydrogens (primary N) is 1. The summed E-state index contributed by atoms with van der Waals surface area (Å²) in [6.07, 6.45) is 6.64. The molecule has 6 nitrogen and oxygen atoms in total. The van der Waals surface area contributed by atoms with Crippen LogP contribution < -0.4 is 11.1 Å². The molecule has 1 aromatic carbocycles. The van der Waals surface area contributed by atoms with Gasteiger partial charge in [-0.1, -0.05) is 12.1 Å². The monoisotopic (exact) mass is 361 g/mol. The molecule has 3 N–H and O–H groups in total. The van der Waals surface area contributed by atoms with Crippen molar-refractivity contribution in [3.8, 4) is 5.69 Å². The maximum absolute atomic E-state index is 12.7. The molecule has 25 heavy (non-hydrogen) atoms. The standard InChI is InChI=1S/C18H23N5O.ClH/c1-11(12-4-6-15(7-5-12)23-10-20-9-21-23)22-18(24)16-13-2-3-14(8-13)17(16)19;/h4-7,9-11,13-14,16-17H,2-3,8,19H2,1H3,(H,22,24);1H. The number of benzene rings is 1. The number of carbonyl (C=O) groups is 1. The van der Waals surface area contributed by atoms with Crippen LogP contribution in [-0.2, 0) is 4.79 Å². The zero-order valence-electron chi connectivity index (χ0n) is 14.2. The van der Waals surface area contributed by atoms with Crippen molar-refractivity contribution in [3.05, 3.63) is 42.5 Å². The molecular formula is C18H24ClN5O. The van der Waals surface area contributed by atoms with Crippen LogP contribution in [0.5, 0.6) is 0 Å².